The van der Waals surface area contributed by atoms with Crippen molar-refractivity contribution in [2.24, 2.45) is 0 Å². The zero-order valence-electron chi connectivity index (χ0n) is 17.6. The maximum Gasteiger partial charge on any atom is 0.233 e. The Morgan fingerprint density at radius 3 is 2.66 bits per heavy atom. The summed E-state index contributed by atoms with van der Waals surface area (Å²) in [5.74, 6) is 1.70. The van der Waals surface area contributed by atoms with Gasteiger partial charge >= 0.3 is 0 Å². The van der Waals surface area contributed by atoms with Gasteiger partial charge < -0.3 is 14.8 Å². The molecule has 1 amide bonds. The molecule has 1 saturated carbocycles. The summed E-state index contributed by atoms with van der Waals surface area (Å²) < 4.78 is 10.8. The quantitative estimate of drug-likeness (QED) is 0.462. The molecule has 0 radical (unpaired) electrons. The SMILES string of the molecule is COc1ccc(OC2CC(c3cc(NC(=O)Cc4cccc5ccccc45)n[nH]3)C2)nn1. The minimum Gasteiger partial charge on any atom is -0.480 e. The van der Waals surface area contributed by atoms with Gasteiger partial charge in [0.25, 0.3) is 0 Å². The maximum atomic E-state index is 12.6. The van der Waals surface area contributed by atoms with E-state index in [0.717, 1.165) is 34.9 Å². The molecule has 8 nitrogen and oxygen atoms in total. The number of hydrogen-bond donors (Lipinski definition) is 2. The van der Waals surface area contributed by atoms with Crippen molar-refractivity contribution in [3.05, 3.63) is 71.9 Å². The molecule has 4 aromatic rings. The molecule has 5 rings (SSSR count). The lowest BCUT2D eigenvalue weighted by Crippen LogP contribution is -2.32. The van der Waals surface area contributed by atoms with Gasteiger partial charge in [-0.05, 0) is 29.2 Å². The van der Waals surface area contributed by atoms with Crippen LogP contribution in [0.1, 0.15) is 30.0 Å². The minimum atomic E-state index is -0.0905. The van der Waals surface area contributed by atoms with Gasteiger partial charge in [0.15, 0.2) is 5.82 Å². The van der Waals surface area contributed by atoms with E-state index >= 15 is 0 Å². The Morgan fingerprint density at radius 1 is 1.06 bits per heavy atom. The number of rotatable bonds is 7. The molecule has 32 heavy (non-hydrogen) atoms. The van der Waals surface area contributed by atoms with E-state index < -0.39 is 0 Å². The average molecular weight is 429 g/mol. The molecule has 2 N–H and O–H groups in total. The molecule has 162 valence electrons. The second kappa shape index (κ2) is 8.66. The Morgan fingerprint density at radius 2 is 1.84 bits per heavy atom. The molecule has 2 aromatic carbocycles. The predicted molar refractivity (Wildman–Crippen MR) is 120 cm³/mol. The van der Waals surface area contributed by atoms with E-state index in [2.05, 4.69) is 25.7 Å². The first kappa shape index (κ1) is 20.0. The molecule has 0 saturated heterocycles. The number of carbonyl (C=O) groups is 1. The van der Waals surface area contributed by atoms with E-state index in [4.69, 9.17) is 9.47 Å². The number of methoxy groups -OCH3 is 1. The van der Waals surface area contributed by atoms with Crippen LogP contribution in [0.2, 0.25) is 0 Å². The second-order valence-corrected chi connectivity index (χ2v) is 7.89. The standard InChI is InChI=1S/C24H23N5O3/c1-31-23-9-10-24(29-28-23)32-18-11-17(12-18)20-14-21(27-26-20)25-22(30)13-16-7-4-6-15-5-2-3-8-19(15)16/h2-10,14,17-18H,11-13H2,1H3,(H2,25,26,27,30). The lowest BCUT2D eigenvalue weighted by Gasteiger charge is -2.33. The number of ether oxygens (including phenoxy) is 2. The van der Waals surface area contributed by atoms with Gasteiger partial charge in [-0.3, -0.25) is 9.89 Å². The van der Waals surface area contributed by atoms with Gasteiger partial charge in [0.05, 0.1) is 13.5 Å². The third-order valence-electron chi connectivity index (χ3n) is 5.74. The van der Waals surface area contributed by atoms with Crippen molar-refractivity contribution in [2.75, 3.05) is 12.4 Å². The van der Waals surface area contributed by atoms with Gasteiger partial charge in [-0.2, -0.15) is 5.10 Å². The first-order valence-corrected chi connectivity index (χ1v) is 10.5. The number of nitrogens with one attached hydrogen (secondary N) is 2. The summed E-state index contributed by atoms with van der Waals surface area (Å²) in [6.45, 7) is 0. The summed E-state index contributed by atoms with van der Waals surface area (Å²) in [5.41, 5.74) is 1.99. The van der Waals surface area contributed by atoms with Crippen molar-refractivity contribution in [3.63, 3.8) is 0 Å². The fraction of sp³-hybridized carbons (Fsp3) is 0.250. The van der Waals surface area contributed by atoms with E-state index in [9.17, 15) is 4.79 Å². The van der Waals surface area contributed by atoms with E-state index in [-0.39, 0.29) is 12.0 Å². The van der Waals surface area contributed by atoms with E-state index in [0.29, 0.717) is 29.9 Å². The lowest BCUT2D eigenvalue weighted by molar-refractivity contribution is -0.115. The number of aromatic amines is 1. The van der Waals surface area contributed by atoms with Gasteiger partial charge in [0, 0.05) is 29.8 Å². The number of aromatic nitrogens is 4. The third kappa shape index (κ3) is 4.25. The maximum absolute atomic E-state index is 12.6. The topological polar surface area (TPSA) is 102 Å². The molecule has 0 bridgehead atoms. The monoisotopic (exact) mass is 429 g/mol. The van der Waals surface area contributed by atoms with Crippen LogP contribution in [-0.4, -0.2) is 39.5 Å². The van der Waals surface area contributed by atoms with Crippen molar-refractivity contribution in [1.82, 2.24) is 20.4 Å². The van der Waals surface area contributed by atoms with Crippen LogP contribution in [0.15, 0.2) is 60.7 Å². The summed E-state index contributed by atoms with van der Waals surface area (Å²) in [6.07, 6.45) is 2.07. The van der Waals surface area contributed by atoms with Crippen molar-refractivity contribution in [2.45, 2.75) is 31.3 Å². The fourth-order valence-corrected chi connectivity index (χ4v) is 3.98. The van der Waals surface area contributed by atoms with Crippen molar-refractivity contribution < 1.29 is 14.3 Å². The molecule has 2 heterocycles. The number of fused-ring (bicyclic) bond motifs is 1. The van der Waals surface area contributed by atoms with Crippen LogP contribution >= 0.6 is 0 Å². The third-order valence-corrected chi connectivity index (χ3v) is 5.74. The molecule has 1 fully saturated rings. The summed E-state index contributed by atoms with van der Waals surface area (Å²) in [7, 11) is 1.55. The van der Waals surface area contributed by atoms with Crippen LogP contribution in [0.4, 0.5) is 5.82 Å². The van der Waals surface area contributed by atoms with Crippen LogP contribution in [0, 0.1) is 0 Å². The summed E-state index contributed by atoms with van der Waals surface area (Å²) >= 11 is 0. The van der Waals surface area contributed by atoms with Crippen molar-refractivity contribution in [1.29, 1.82) is 0 Å². The number of hydrogen-bond acceptors (Lipinski definition) is 6. The highest BCUT2D eigenvalue weighted by Gasteiger charge is 2.33. The summed E-state index contributed by atoms with van der Waals surface area (Å²) in [4.78, 5) is 12.6. The Kier molecular flexibility index (Phi) is 5.41. The molecule has 0 unspecified atom stereocenters. The van der Waals surface area contributed by atoms with Crippen LogP contribution in [0.25, 0.3) is 10.8 Å². The summed E-state index contributed by atoms with van der Waals surface area (Å²) in [5, 5.41) is 20.3. The molecular weight excluding hydrogens is 406 g/mol. The Hall–Kier alpha value is -3.94. The van der Waals surface area contributed by atoms with Gasteiger partial charge in [0.1, 0.15) is 6.10 Å². The highest BCUT2D eigenvalue weighted by Crippen LogP contribution is 2.38. The minimum absolute atomic E-state index is 0.0791. The number of carbonyl (C=O) groups excluding carboxylic acids is 1. The van der Waals surface area contributed by atoms with E-state index in [1.54, 1.807) is 19.2 Å². The lowest BCUT2D eigenvalue weighted by atomic mass is 9.80. The zero-order valence-corrected chi connectivity index (χ0v) is 17.6. The number of nitrogens with zero attached hydrogens (tertiary/aromatic N) is 3. The highest BCUT2D eigenvalue weighted by atomic mass is 16.5. The Bertz CT molecular complexity index is 1230. The van der Waals surface area contributed by atoms with E-state index in [1.807, 2.05) is 48.5 Å². The second-order valence-electron chi connectivity index (χ2n) is 7.89. The molecule has 8 heteroatoms. The molecule has 2 aromatic heterocycles. The normalized spacial score (nSPS) is 17.5. The van der Waals surface area contributed by atoms with Gasteiger partial charge in [0.2, 0.25) is 17.7 Å². The number of anilines is 1. The average Bonchev–Trinajstić information content (AvgIpc) is 3.24. The molecular formula is C24H23N5O3. The highest BCUT2D eigenvalue weighted by molar-refractivity contribution is 5.95. The van der Waals surface area contributed by atoms with Crippen molar-refractivity contribution >= 4 is 22.5 Å². The molecule has 0 aliphatic heterocycles. The smallest absolute Gasteiger partial charge is 0.233 e. The molecule has 0 spiro atoms. The van der Waals surface area contributed by atoms with Crippen LogP contribution < -0.4 is 14.8 Å². The molecule has 1 aliphatic carbocycles. The van der Waals surface area contributed by atoms with Gasteiger partial charge in [-0.25, -0.2) is 0 Å². The Balaban J connectivity index is 1.14. The van der Waals surface area contributed by atoms with E-state index in [1.165, 1.54) is 0 Å². The van der Waals surface area contributed by atoms with Crippen LogP contribution in [0.3, 0.4) is 0 Å². The number of benzene rings is 2. The first-order chi connectivity index (χ1) is 15.7. The molecule has 1 aliphatic rings. The number of H-pyrrole nitrogens is 1. The van der Waals surface area contributed by atoms with Gasteiger partial charge in [-0.1, -0.05) is 42.5 Å². The fourth-order valence-electron chi connectivity index (χ4n) is 3.98. The predicted octanol–water partition coefficient (Wildman–Crippen LogP) is 3.87. The Labute approximate surface area is 185 Å². The van der Waals surface area contributed by atoms with Crippen LogP contribution in [0.5, 0.6) is 11.8 Å². The number of amides is 1. The van der Waals surface area contributed by atoms with Crippen molar-refractivity contribution in [3.8, 4) is 11.8 Å². The first-order valence-electron chi connectivity index (χ1n) is 10.5. The zero-order chi connectivity index (χ0) is 21.9. The van der Waals surface area contributed by atoms with Gasteiger partial charge in [-0.15, -0.1) is 10.2 Å². The largest absolute Gasteiger partial charge is 0.480 e. The summed E-state index contributed by atoms with van der Waals surface area (Å²) in [6, 6.07) is 19.5. The van der Waals surface area contributed by atoms with Crippen LogP contribution in [-0.2, 0) is 11.2 Å². The molecule has 0 atom stereocenters.